The number of hydrogen-bond acceptors (Lipinski definition) is 3. The van der Waals surface area contributed by atoms with Crippen LogP contribution < -0.4 is 51.3 Å². The lowest BCUT2D eigenvalue weighted by Gasteiger charge is -2.35. The fourth-order valence-corrected chi connectivity index (χ4v) is 31.0. The van der Waals surface area contributed by atoms with Gasteiger partial charge in [-0.25, -0.2) is 0 Å². The van der Waals surface area contributed by atoms with E-state index in [1.807, 2.05) is 6.07 Å². The van der Waals surface area contributed by atoms with Gasteiger partial charge in [0.2, 0.25) is 0 Å². The second-order valence-corrected chi connectivity index (χ2v) is 42.5. The molecule has 0 radical (unpaired) electrons. The van der Waals surface area contributed by atoms with Gasteiger partial charge in [0, 0.05) is 72.1 Å². The molecule has 0 aliphatic heterocycles. The topological polar surface area (TPSA) is 29.5 Å². The molecule has 0 saturated heterocycles. The smallest absolute Gasteiger partial charge is 0.179 e. The first-order valence-corrected chi connectivity index (χ1v) is 50.4. The number of anilines is 6. The molecule has 0 bridgehead atoms. The zero-order valence-corrected chi connectivity index (χ0v) is 76.2. The predicted molar refractivity (Wildman–Crippen MR) is 577 cm³/mol. The molecule has 0 aliphatic rings. The Morgan fingerprint density at radius 3 is 0.956 bits per heavy atom. The second-order valence-electron chi connectivity index (χ2n) is 34.9. The molecule has 0 unspecified atom stereocenters. The van der Waals surface area contributed by atoms with E-state index < -0.39 is 16.1 Å². The highest BCUT2D eigenvalue weighted by molar-refractivity contribution is 7.20. The summed E-state index contributed by atoms with van der Waals surface area (Å²) >= 11 is 0. The summed E-state index contributed by atoms with van der Waals surface area (Å²) in [5.74, 6) is 0. The third kappa shape index (κ3) is 14.2. The SMILES string of the molecule is c1ccc(-n2c3ccccc3c3c(-c4ccc(N(c5ccc(-c6ccc7ccc8ccccc8c7c6)cc5)c5cccc([Si](c6ccccc6)(c6ccccc6)c6ccccc6)c5)cc4)cccc32)cc1.c1ccc(-n2c3ccccc3c3c(-c4ccc(N(c5cccc([Si](c6ccccc6)(c6ccccc6)c6ccccc6)c5)c5cccc6c5oc5ccccc56)cc4)cccc32)cc1. The number of aromatic nitrogens is 2. The Hall–Kier alpha value is -17.2. The molecule has 0 atom stereocenters. The number of para-hydroxylation sites is 6. The number of benzene rings is 22. The van der Waals surface area contributed by atoms with E-state index in [1.54, 1.807) is 0 Å². The van der Waals surface area contributed by atoms with Gasteiger partial charge in [-0.05, 0) is 224 Å². The first-order chi connectivity index (χ1) is 67.0. The van der Waals surface area contributed by atoms with Crippen LogP contribution in [0.2, 0.25) is 0 Å². The van der Waals surface area contributed by atoms with Crippen molar-refractivity contribution in [1.29, 1.82) is 0 Å². The normalized spacial score (nSPS) is 11.7. The van der Waals surface area contributed by atoms with E-state index in [-0.39, 0.29) is 0 Å². The highest BCUT2D eigenvalue weighted by atomic mass is 28.3. The number of furan rings is 1. The standard InChI is InChI=1S/C68H48N2Si.C60H42N2OSi/c1-5-20-54(21-6-1)70-66-33-16-15-31-64(66)68-63(32-18-34-67(68)70)51-41-45-56(46-42-51)69(55-43-39-49(40-44-55)53-38-37-52-36-35-50-19-13-14-30-62(50)65(52)47-53)57-22-17-29-61(48-57)71(58-23-7-2-8-24-58,59-25-9-3-10-26-59)60-27-11-4-12-28-60;1-5-20-44(21-6-1)62-55-34-15-13-31-54(55)59-51(32-18-35-56(59)62)43-38-40-45(41-39-43)61(57-36-19-33-53-52-30-14-16-37-58(52)63-60(53)57)46-22-17-29-50(42-46)64(47-23-7-2-8-24-47,48-25-9-3-10-26-48)49-27-11-4-12-28-49/h1-48H;1-42H. The van der Waals surface area contributed by atoms with Crippen LogP contribution in [0.25, 0.3) is 132 Å². The third-order valence-corrected chi connectivity index (χ3v) is 37.0. The lowest BCUT2D eigenvalue weighted by atomic mass is 9.97. The Morgan fingerprint density at radius 2 is 0.504 bits per heavy atom. The number of hydrogen-bond donors (Lipinski definition) is 0. The summed E-state index contributed by atoms with van der Waals surface area (Å²) in [5, 5.41) is 22.9. The van der Waals surface area contributed by atoms with Crippen molar-refractivity contribution in [2.45, 2.75) is 0 Å². The van der Waals surface area contributed by atoms with Crippen LogP contribution in [-0.4, -0.2) is 25.3 Å². The molecule has 7 heteroatoms. The van der Waals surface area contributed by atoms with Gasteiger partial charge in [0.1, 0.15) is 5.58 Å². The maximum atomic E-state index is 6.80. The van der Waals surface area contributed by atoms with Crippen LogP contribution >= 0.6 is 0 Å². The molecule has 3 aromatic heterocycles. The van der Waals surface area contributed by atoms with E-state index in [1.165, 1.54) is 134 Å². The summed E-state index contributed by atoms with van der Waals surface area (Å²) in [7, 11) is -5.66. The lowest BCUT2D eigenvalue weighted by Crippen LogP contribution is -2.74. The van der Waals surface area contributed by atoms with E-state index in [4.69, 9.17) is 4.42 Å². The average molecular weight is 1760 g/mol. The molecule has 25 aromatic rings. The molecule has 636 valence electrons. The quantitative estimate of drug-likeness (QED) is 0.0459. The van der Waals surface area contributed by atoms with E-state index in [0.29, 0.717) is 0 Å². The Kier molecular flexibility index (Phi) is 21.0. The Balaban J connectivity index is 0.000000149. The third-order valence-electron chi connectivity index (χ3n) is 27.4. The fourth-order valence-electron chi connectivity index (χ4n) is 21.5. The molecular formula is C128H90N4OSi2. The van der Waals surface area contributed by atoms with Gasteiger partial charge in [0.15, 0.2) is 21.7 Å². The molecule has 3 heterocycles. The van der Waals surface area contributed by atoms with Gasteiger partial charge in [-0.2, -0.15) is 0 Å². The highest BCUT2D eigenvalue weighted by Gasteiger charge is 2.44. The predicted octanol–water partition coefficient (Wildman–Crippen LogP) is 28.5. The van der Waals surface area contributed by atoms with Crippen molar-refractivity contribution in [3.05, 3.63) is 546 Å². The molecular weight excluding hydrogens is 1670 g/mol. The molecule has 135 heavy (non-hydrogen) atoms. The Labute approximate surface area is 787 Å². The van der Waals surface area contributed by atoms with Crippen molar-refractivity contribution in [1.82, 2.24) is 9.13 Å². The minimum absolute atomic E-state index is 0.856. The monoisotopic (exact) mass is 1750 g/mol. The van der Waals surface area contributed by atoms with Gasteiger partial charge in [0.05, 0.1) is 27.8 Å². The van der Waals surface area contributed by atoms with Crippen molar-refractivity contribution < 1.29 is 4.42 Å². The lowest BCUT2D eigenvalue weighted by molar-refractivity contribution is 0.669. The zero-order chi connectivity index (χ0) is 89.6. The number of nitrogens with zero attached hydrogens (tertiary/aromatic N) is 4. The molecule has 22 aromatic carbocycles. The van der Waals surface area contributed by atoms with E-state index in [0.717, 1.165) is 73.0 Å². The number of fused-ring (bicyclic) bond motifs is 12. The van der Waals surface area contributed by atoms with Crippen LogP contribution in [0.5, 0.6) is 0 Å². The van der Waals surface area contributed by atoms with E-state index >= 15 is 0 Å². The first kappa shape index (κ1) is 81.1. The summed E-state index contributed by atoms with van der Waals surface area (Å²) in [6, 6.07) is 200. The molecule has 25 rings (SSSR count). The first-order valence-electron chi connectivity index (χ1n) is 46.4. The molecule has 0 aliphatic carbocycles. The van der Waals surface area contributed by atoms with Crippen LogP contribution in [0.1, 0.15) is 0 Å². The molecule has 0 saturated carbocycles. The fraction of sp³-hybridized carbons (Fsp3) is 0. The zero-order valence-electron chi connectivity index (χ0n) is 74.2. The Morgan fingerprint density at radius 1 is 0.185 bits per heavy atom. The maximum absolute atomic E-state index is 6.80. The molecule has 0 spiro atoms. The summed E-state index contributed by atoms with van der Waals surface area (Å²) < 4.78 is 11.6. The van der Waals surface area contributed by atoms with Gasteiger partial charge in [-0.15, -0.1) is 0 Å². The molecule has 0 fully saturated rings. The molecule has 0 N–H and O–H groups in total. The average Bonchev–Trinajstić information content (AvgIpc) is 1.39. The minimum atomic E-state index is -2.84. The van der Waals surface area contributed by atoms with Crippen LogP contribution in [-0.2, 0) is 0 Å². The highest BCUT2D eigenvalue weighted by Crippen LogP contribution is 2.47. The van der Waals surface area contributed by atoms with Crippen LogP contribution in [0.3, 0.4) is 0 Å². The van der Waals surface area contributed by atoms with Crippen molar-refractivity contribution in [3.8, 4) is 44.8 Å². The molecule has 0 amide bonds. The van der Waals surface area contributed by atoms with Gasteiger partial charge < -0.3 is 23.4 Å². The van der Waals surface area contributed by atoms with Crippen molar-refractivity contribution in [2.75, 3.05) is 9.80 Å². The van der Waals surface area contributed by atoms with Crippen LogP contribution in [0.4, 0.5) is 34.1 Å². The van der Waals surface area contributed by atoms with E-state index in [2.05, 4.69) is 559 Å². The second kappa shape index (κ2) is 34.9. The van der Waals surface area contributed by atoms with E-state index in [9.17, 15) is 0 Å². The van der Waals surface area contributed by atoms with Crippen molar-refractivity contribution in [3.63, 3.8) is 0 Å². The Bertz CT molecular complexity index is 8440. The number of rotatable bonds is 19. The molecule has 5 nitrogen and oxygen atoms in total. The largest absolute Gasteiger partial charge is 0.454 e. The summed E-state index contributed by atoms with van der Waals surface area (Å²) in [5.41, 5.74) is 22.3. The summed E-state index contributed by atoms with van der Waals surface area (Å²) in [6.45, 7) is 0. The van der Waals surface area contributed by atoms with Crippen molar-refractivity contribution >= 4 is 179 Å². The van der Waals surface area contributed by atoms with Crippen LogP contribution in [0.15, 0.2) is 550 Å². The van der Waals surface area contributed by atoms with Gasteiger partial charge in [-0.1, -0.05) is 419 Å². The van der Waals surface area contributed by atoms with Gasteiger partial charge in [-0.3, -0.25) is 0 Å². The van der Waals surface area contributed by atoms with Gasteiger partial charge >= 0.3 is 0 Å². The summed E-state index contributed by atoms with van der Waals surface area (Å²) in [6.07, 6.45) is 0. The van der Waals surface area contributed by atoms with Crippen molar-refractivity contribution in [2.24, 2.45) is 0 Å². The van der Waals surface area contributed by atoms with Crippen LogP contribution in [0, 0.1) is 0 Å². The minimum Gasteiger partial charge on any atom is -0.454 e. The van der Waals surface area contributed by atoms with Gasteiger partial charge in [0.25, 0.3) is 0 Å². The summed E-state index contributed by atoms with van der Waals surface area (Å²) in [4.78, 5) is 4.83. The maximum Gasteiger partial charge on any atom is 0.179 e.